The molecule has 20 heavy (non-hydrogen) atoms. The van der Waals surface area contributed by atoms with Crippen LogP contribution < -0.4 is 0 Å². The quantitative estimate of drug-likeness (QED) is 0.615. The lowest BCUT2D eigenvalue weighted by atomic mass is 10.2. The summed E-state index contributed by atoms with van der Waals surface area (Å²) in [6.45, 7) is 1.66. The van der Waals surface area contributed by atoms with Crippen LogP contribution in [0.15, 0.2) is 22.7 Å². The van der Waals surface area contributed by atoms with Crippen molar-refractivity contribution in [2.24, 2.45) is 0 Å². The van der Waals surface area contributed by atoms with Crippen molar-refractivity contribution >= 4 is 38.9 Å². The summed E-state index contributed by atoms with van der Waals surface area (Å²) in [5.74, 6) is 0. The lowest BCUT2D eigenvalue weighted by Gasteiger charge is -2.05. The van der Waals surface area contributed by atoms with E-state index in [1.165, 1.54) is 16.8 Å². The summed E-state index contributed by atoms with van der Waals surface area (Å²) in [6, 6.07) is 3.32. The van der Waals surface area contributed by atoms with Crippen molar-refractivity contribution in [3.63, 3.8) is 0 Å². The summed E-state index contributed by atoms with van der Waals surface area (Å²) < 4.78 is 1.76. The second-order valence-corrected chi connectivity index (χ2v) is 4.94. The minimum atomic E-state index is -0.703. The molecule has 0 fully saturated rings. The first-order chi connectivity index (χ1) is 9.32. The molecule has 0 unspecified atom stereocenters. The summed E-state index contributed by atoms with van der Waals surface area (Å²) in [4.78, 5) is 20.3. The van der Waals surface area contributed by atoms with Gasteiger partial charge in [0, 0.05) is 6.07 Å². The monoisotopic (exact) mass is 360 g/mol. The van der Waals surface area contributed by atoms with E-state index in [1.54, 1.807) is 6.92 Å². The Morgan fingerprint density at radius 2 is 1.95 bits per heavy atom. The molecule has 0 radical (unpaired) electrons. The highest BCUT2D eigenvalue weighted by molar-refractivity contribution is 9.10. The van der Waals surface area contributed by atoms with E-state index in [0.717, 1.165) is 6.07 Å². The smallest absolute Gasteiger partial charge is 0.258 e. The van der Waals surface area contributed by atoms with Gasteiger partial charge in [-0.3, -0.25) is 20.2 Å². The summed E-state index contributed by atoms with van der Waals surface area (Å²) in [6.07, 6.45) is 0. The van der Waals surface area contributed by atoms with E-state index in [-0.39, 0.29) is 16.5 Å². The van der Waals surface area contributed by atoms with E-state index >= 15 is 0 Å². The molecule has 0 aliphatic carbocycles. The zero-order valence-corrected chi connectivity index (χ0v) is 12.3. The van der Waals surface area contributed by atoms with Gasteiger partial charge < -0.3 is 0 Å². The fraction of sp³-hybridized carbons (Fsp3) is 0.100. The topological polar surface area (TPSA) is 104 Å². The molecule has 0 spiro atoms. The number of hydrogen-bond donors (Lipinski definition) is 0. The van der Waals surface area contributed by atoms with E-state index in [1.807, 2.05) is 0 Å². The van der Waals surface area contributed by atoms with Crippen molar-refractivity contribution in [1.29, 1.82) is 0 Å². The summed E-state index contributed by atoms with van der Waals surface area (Å²) in [5.41, 5.74) is -0.137. The van der Waals surface area contributed by atoms with E-state index in [0.29, 0.717) is 10.2 Å². The second-order valence-electron chi connectivity index (χ2n) is 3.79. The maximum atomic E-state index is 11.1. The lowest BCUT2D eigenvalue weighted by molar-refractivity contribution is -0.394. The molecule has 0 amide bonds. The zero-order valence-electron chi connectivity index (χ0n) is 9.91. The van der Waals surface area contributed by atoms with Crippen LogP contribution in [0.5, 0.6) is 0 Å². The third-order valence-electron chi connectivity index (χ3n) is 2.60. The van der Waals surface area contributed by atoms with Crippen LogP contribution in [0, 0.1) is 27.2 Å². The van der Waals surface area contributed by atoms with Crippen LogP contribution in [0.25, 0.3) is 5.69 Å². The van der Waals surface area contributed by atoms with Gasteiger partial charge in [-0.25, -0.2) is 4.68 Å². The second kappa shape index (κ2) is 5.17. The zero-order chi connectivity index (χ0) is 15.0. The number of benzene rings is 1. The molecule has 1 heterocycles. The van der Waals surface area contributed by atoms with Gasteiger partial charge in [0.2, 0.25) is 0 Å². The average Bonchev–Trinajstić information content (AvgIpc) is 2.65. The Morgan fingerprint density at radius 1 is 1.30 bits per heavy atom. The third kappa shape index (κ3) is 2.37. The van der Waals surface area contributed by atoms with Crippen LogP contribution in [0.1, 0.15) is 5.69 Å². The first kappa shape index (κ1) is 14.4. The molecule has 104 valence electrons. The fourth-order valence-corrected chi connectivity index (χ4v) is 2.09. The van der Waals surface area contributed by atoms with Crippen molar-refractivity contribution < 1.29 is 9.85 Å². The van der Waals surface area contributed by atoms with Crippen LogP contribution in [-0.4, -0.2) is 19.6 Å². The van der Waals surface area contributed by atoms with Gasteiger partial charge in [0.25, 0.3) is 5.69 Å². The number of non-ortho nitro benzene ring substituents is 1. The highest BCUT2D eigenvalue weighted by Gasteiger charge is 2.23. The third-order valence-corrected chi connectivity index (χ3v) is 4.04. The minimum absolute atomic E-state index is 0.103. The minimum Gasteiger partial charge on any atom is -0.258 e. The lowest BCUT2D eigenvalue weighted by Crippen LogP contribution is -2.04. The van der Waals surface area contributed by atoms with Crippen LogP contribution in [0.2, 0.25) is 5.15 Å². The summed E-state index contributed by atoms with van der Waals surface area (Å²) >= 11 is 9.04. The van der Waals surface area contributed by atoms with E-state index in [9.17, 15) is 20.2 Å². The first-order valence-corrected chi connectivity index (χ1v) is 6.34. The van der Waals surface area contributed by atoms with Gasteiger partial charge in [0.1, 0.15) is 5.69 Å². The Balaban J connectivity index is 2.70. The van der Waals surface area contributed by atoms with E-state index in [2.05, 4.69) is 21.0 Å². The molecule has 0 aliphatic rings. The molecule has 1 aromatic heterocycles. The van der Waals surface area contributed by atoms with Gasteiger partial charge in [0.05, 0.1) is 26.1 Å². The number of nitro benzene ring substituents is 2. The molecule has 0 N–H and O–H groups in total. The van der Waals surface area contributed by atoms with E-state index < -0.39 is 15.5 Å². The number of nitro groups is 2. The van der Waals surface area contributed by atoms with Crippen molar-refractivity contribution in [1.82, 2.24) is 9.78 Å². The SMILES string of the molecule is Cc1c(Br)c(Cl)nn1-c1ccc([N+](=O)[O-])cc1[N+](=O)[O-]. The standard InChI is InChI=1S/C10H6BrClN4O4/c1-5-9(11)10(12)13-14(5)7-3-2-6(15(17)18)4-8(7)16(19)20/h2-4H,1H3. The number of nitrogens with zero attached hydrogens (tertiary/aromatic N) is 4. The highest BCUT2D eigenvalue weighted by Crippen LogP contribution is 2.32. The van der Waals surface area contributed by atoms with Gasteiger partial charge in [0.15, 0.2) is 5.15 Å². The Hall–Kier alpha value is -2.00. The number of halogens is 2. The molecule has 0 saturated carbocycles. The summed E-state index contributed by atoms with van der Waals surface area (Å²) in [7, 11) is 0. The van der Waals surface area contributed by atoms with Gasteiger partial charge in [-0.1, -0.05) is 11.6 Å². The van der Waals surface area contributed by atoms with E-state index in [4.69, 9.17) is 11.6 Å². The maximum Gasteiger partial charge on any atom is 0.301 e. The molecule has 2 aromatic rings. The van der Waals surface area contributed by atoms with Crippen LogP contribution >= 0.6 is 27.5 Å². The van der Waals surface area contributed by atoms with Gasteiger partial charge in [-0.15, -0.1) is 0 Å². The van der Waals surface area contributed by atoms with Gasteiger partial charge >= 0.3 is 5.69 Å². The van der Waals surface area contributed by atoms with Crippen molar-refractivity contribution in [3.05, 3.63) is 53.7 Å². The fourth-order valence-electron chi connectivity index (χ4n) is 1.63. The molecule has 1 aromatic carbocycles. The molecule has 0 saturated heterocycles. The number of aromatic nitrogens is 2. The molecule has 2 rings (SSSR count). The van der Waals surface area contributed by atoms with Crippen molar-refractivity contribution in [2.45, 2.75) is 6.92 Å². The Labute approximate surface area is 125 Å². The van der Waals surface area contributed by atoms with Crippen LogP contribution in [-0.2, 0) is 0 Å². The largest absolute Gasteiger partial charge is 0.301 e. The first-order valence-electron chi connectivity index (χ1n) is 5.16. The Morgan fingerprint density at radius 3 is 2.40 bits per heavy atom. The molecular formula is C10H6BrClN4O4. The highest BCUT2D eigenvalue weighted by atomic mass is 79.9. The predicted molar refractivity (Wildman–Crippen MR) is 74.3 cm³/mol. The van der Waals surface area contributed by atoms with Gasteiger partial charge in [-0.2, -0.15) is 5.10 Å². The molecule has 0 atom stereocenters. The molecule has 0 aliphatic heterocycles. The maximum absolute atomic E-state index is 11.1. The number of rotatable bonds is 3. The summed E-state index contributed by atoms with van der Waals surface area (Å²) in [5, 5.41) is 25.9. The van der Waals surface area contributed by atoms with Crippen molar-refractivity contribution in [3.8, 4) is 5.69 Å². The molecule has 0 bridgehead atoms. The van der Waals surface area contributed by atoms with Crippen LogP contribution in [0.4, 0.5) is 11.4 Å². The van der Waals surface area contributed by atoms with Crippen LogP contribution in [0.3, 0.4) is 0 Å². The molecule has 8 nitrogen and oxygen atoms in total. The average molecular weight is 362 g/mol. The molecular weight excluding hydrogens is 355 g/mol. The normalized spacial score (nSPS) is 10.6. The molecule has 10 heteroatoms. The Bertz CT molecular complexity index is 730. The van der Waals surface area contributed by atoms with Gasteiger partial charge in [-0.05, 0) is 28.9 Å². The predicted octanol–water partition coefficient (Wildman–Crippen LogP) is 3.41. The van der Waals surface area contributed by atoms with Crippen molar-refractivity contribution in [2.75, 3.05) is 0 Å². The Kier molecular flexibility index (Phi) is 3.73. The number of hydrogen-bond acceptors (Lipinski definition) is 5.